The third-order valence-electron chi connectivity index (χ3n) is 5.63. The number of methoxy groups -OCH3 is 1. The highest BCUT2D eigenvalue weighted by atomic mass is 16.5. The van der Waals surface area contributed by atoms with Crippen LogP contribution in [0.15, 0.2) is 54.9 Å². The second-order valence-corrected chi connectivity index (χ2v) is 8.18. The van der Waals surface area contributed by atoms with Crippen LogP contribution in [0.4, 0.5) is 0 Å². The molecule has 1 aromatic heterocycles. The maximum Gasteiger partial charge on any atom is 0.252 e. The van der Waals surface area contributed by atoms with Crippen molar-refractivity contribution in [2.75, 3.05) is 13.7 Å². The SMILES string of the molecule is COc1ccc([C@H](NC(=O)c2ccc3c(c2)=CC(N[C@@H](C)CO)NC=3)c2cnn(C)c2)cc1. The molecular formula is C25H29N5O3. The molecule has 0 bridgehead atoms. The summed E-state index contributed by atoms with van der Waals surface area (Å²) in [5, 5.41) is 25.2. The predicted molar refractivity (Wildman–Crippen MR) is 127 cm³/mol. The van der Waals surface area contributed by atoms with Crippen LogP contribution in [0.3, 0.4) is 0 Å². The van der Waals surface area contributed by atoms with Crippen LogP contribution in [0.2, 0.25) is 0 Å². The Labute approximate surface area is 192 Å². The minimum Gasteiger partial charge on any atom is -0.497 e. The summed E-state index contributed by atoms with van der Waals surface area (Å²) in [6.07, 6.45) is 7.46. The number of aryl methyl sites for hydroxylation is 1. The van der Waals surface area contributed by atoms with Gasteiger partial charge in [0.1, 0.15) is 5.75 Å². The summed E-state index contributed by atoms with van der Waals surface area (Å²) in [5.74, 6) is 0.575. The van der Waals surface area contributed by atoms with E-state index in [2.05, 4.69) is 21.0 Å². The van der Waals surface area contributed by atoms with Gasteiger partial charge in [-0.1, -0.05) is 18.2 Å². The van der Waals surface area contributed by atoms with Crippen LogP contribution in [-0.4, -0.2) is 46.7 Å². The molecule has 8 nitrogen and oxygen atoms in total. The Balaban J connectivity index is 1.61. The summed E-state index contributed by atoms with van der Waals surface area (Å²) >= 11 is 0. The van der Waals surface area contributed by atoms with Gasteiger partial charge in [-0.3, -0.25) is 14.8 Å². The molecule has 172 valence electrons. The number of hydrogen-bond acceptors (Lipinski definition) is 6. The van der Waals surface area contributed by atoms with Gasteiger partial charge in [-0.05, 0) is 53.3 Å². The number of amides is 1. The van der Waals surface area contributed by atoms with Gasteiger partial charge < -0.3 is 20.5 Å². The summed E-state index contributed by atoms with van der Waals surface area (Å²) in [7, 11) is 3.47. The molecule has 1 aliphatic rings. The van der Waals surface area contributed by atoms with Crippen molar-refractivity contribution in [1.29, 1.82) is 0 Å². The summed E-state index contributed by atoms with van der Waals surface area (Å²) in [4.78, 5) is 13.3. The molecule has 2 aromatic carbocycles. The van der Waals surface area contributed by atoms with E-state index in [1.807, 2.05) is 74.9 Å². The van der Waals surface area contributed by atoms with Gasteiger partial charge in [0.2, 0.25) is 0 Å². The molecule has 3 aromatic rings. The zero-order chi connectivity index (χ0) is 23.4. The first-order chi connectivity index (χ1) is 16.0. The monoisotopic (exact) mass is 447 g/mol. The molecule has 0 fully saturated rings. The first-order valence-corrected chi connectivity index (χ1v) is 10.9. The topological polar surface area (TPSA) is 100 Å². The molecule has 1 aliphatic heterocycles. The lowest BCUT2D eigenvalue weighted by Gasteiger charge is -2.22. The van der Waals surface area contributed by atoms with Gasteiger partial charge in [0, 0.05) is 36.6 Å². The fourth-order valence-electron chi connectivity index (χ4n) is 3.81. The number of aliphatic hydroxyl groups excluding tert-OH is 1. The van der Waals surface area contributed by atoms with Crippen LogP contribution < -0.4 is 31.1 Å². The van der Waals surface area contributed by atoms with Gasteiger partial charge in [0.25, 0.3) is 5.91 Å². The molecule has 33 heavy (non-hydrogen) atoms. The normalized spacial score (nSPS) is 16.4. The summed E-state index contributed by atoms with van der Waals surface area (Å²) < 4.78 is 6.98. The molecule has 2 heterocycles. The van der Waals surface area contributed by atoms with E-state index >= 15 is 0 Å². The van der Waals surface area contributed by atoms with E-state index in [1.54, 1.807) is 18.0 Å². The number of benzene rings is 2. The first kappa shape index (κ1) is 22.6. The van der Waals surface area contributed by atoms with Crippen molar-refractivity contribution in [3.63, 3.8) is 0 Å². The highest BCUT2D eigenvalue weighted by Crippen LogP contribution is 2.24. The number of aromatic nitrogens is 2. The number of nitrogens with zero attached hydrogens (tertiary/aromatic N) is 2. The number of hydrogen-bond donors (Lipinski definition) is 4. The molecule has 8 heteroatoms. The van der Waals surface area contributed by atoms with Crippen LogP contribution >= 0.6 is 0 Å². The van der Waals surface area contributed by atoms with E-state index in [1.165, 1.54) is 0 Å². The molecular weight excluding hydrogens is 418 g/mol. The number of aliphatic hydroxyl groups is 1. The van der Waals surface area contributed by atoms with E-state index in [0.29, 0.717) is 5.56 Å². The highest BCUT2D eigenvalue weighted by Gasteiger charge is 2.20. The lowest BCUT2D eigenvalue weighted by atomic mass is 10.0. The number of carbonyl (C=O) groups is 1. The van der Waals surface area contributed by atoms with Crippen molar-refractivity contribution in [3.05, 3.63) is 82.0 Å². The molecule has 1 unspecified atom stereocenters. The molecule has 0 saturated carbocycles. The molecule has 0 radical (unpaired) electrons. The molecule has 3 atom stereocenters. The Hall–Kier alpha value is -3.62. The van der Waals surface area contributed by atoms with E-state index in [0.717, 1.165) is 27.3 Å². The quantitative estimate of drug-likeness (QED) is 0.398. The van der Waals surface area contributed by atoms with Gasteiger partial charge in [-0.25, -0.2) is 0 Å². The number of ether oxygens (including phenoxy) is 1. The van der Waals surface area contributed by atoms with Crippen molar-refractivity contribution in [2.24, 2.45) is 7.05 Å². The Bertz CT molecular complexity index is 1240. The molecule has 0 spiro atoms. The summed E-state index contributed by atoms with van der Waals surface area (Å²) in [5.41, 5.74) is 2.39. The molecule has 4 N–H and O–H groups in total. The van der Waals surface area contributed by atoms with Gasteiger partial charge in [0.05, 0.1) is 32.1 Å². The van der Waals surface area contributed by atoms with Gasteiger partial charge in [0.15, 0.2) is 0 Å². The summed E-state index contributed by atoms with van der Waals surface area (Å²) in [6.45, 7) is 1.95. The molecule has 4 rings (SSSR count). The van der Waals surface area contributed by atoms with Gasteiger partial charge in [-0.15, -0.1) is 0 Å². The lowest BCUT2D eigenvalue weighted by Crippen LogP contribution is -2.49. The van der Waals surface area contributed by atoms with E-state index < -0.39 is 0 Å². The second-order valence-electron chi connectivity index (χ2n) is 8.18. The Morgan fingerprint density at radius 2 is 2.00 bits per heavy atom. The fraction of sp³-hybridized carbons (Fsp3) is 0.280. The van der Waals surface area contributed by atoms with Crippen LogP contribution in [0.5, 0.6) is 5.75 Å². The largest absolute Gasteiger partial charge is 0.497 e. The van der Waals surface area contributed by atoms with E-state index in [9.17, 15) is 9.90 Å². The van der Waals surface area contributed by atoms with Gasteiger partial charge >= 0.3 is 0 Å². The highest BCUT2D eigenvalue weighted by molar-refractivity contribution is 5.94. The average molecular weight is 448 g/mol. The van der Waals surface area contributed by atoms with Crippen molar-refractivity contribution in [2.45, 2.75) is 25.2 Å². The standard InChI is InChI=1S/C25H29N5O3/c1-16(15-31)28-23-11-20-10-18(4-5-19(20)12-26-23)25(32)29-24(21-13-27-30(2)14-21)17-6-8-22(33-3)9-7-17/h4-14,16,23-24,26,28,31H,15H2,1-3H3,(H,29,32)/t16-,23?,24-/m0/s1. The Morgan fingerprint density at radius 1 is 1.21 bits per heavy atom. The van der Waals surface area contributed by atoms with Crippen molar-refractivity contribution >= 4 is 18.2 Å². The van der Waals surface area contributed by atoms with Crippen LogP contribution in [0, 0.1) is 0 Å². The number of carbonyl (C=O) groups excluding carboxylic acids is 1. The van der Waals surface area contributed by atoms with Crippen LogP contribution in [0.25, 0.3) is 12.3 Å². The zero-order valence-corrected chi connectivity index (χ0v) is 18.9. The van der Waals surface area contributed by atoms with Crippen molar-refractivity contribution in [1.82, 2.24) is 25.7 Å². The minimum absolute atomic E-state index is 0.0441. The minimum atomic E-state index is -0.356. The predicted octanol–water partition coefficient (Wildman–Crippen LogP) is 0.366. The average Bonchev–Trinajstić information content (AvgIpc) is 3.27. The first-order valence-electron chi connectivity index (χ1n) is 10.9. The third kappa shape index (κ3) is 5.24. The maximum absolute atomic E-state index is 13.3. The smallest absolute Gasteiger partial charge is 0.252 e. The fourth-order valence-corrected chi connectivity index (χ4v) is 3.81. The second kappa shape index (κ2) is 9.89. The Kier molecular flexibility index (Phi) is 6.76. The lowest BCUT2D eigenvalue weighted by molar-refractivity contribution is 0.0943. The molecule has 0 aliphatic carbocycles. The molecule has 0 saturated heterocycles. The van der Waals surface area contributed by atoms with Crippen LogP contribution in [-0.2, 0) is 7.05 Å². The number of fused-ring (bicyclic) bond motifs is 1. The van der Waals surface area contributed by atoms with Crippen molar-refractivity contribution < 1.29 is 14.6 Å². The maximum atomic E-state index is 13.3. The molecule has 1 amide bonds. The van der Waals surface area contributed by atoms with Crippen molar-refractivity contribution in [3.8, 4) is 5.75 Å². The van der Waals surface area contributed by atoms with E-state index in [-0.39, 0.29) is 30.8 Å². The van der Waals surface area contributed by atoms with Crippen LogP contribution in [0.1, 0.15) is 34.5 Å². The number of rotatable bonds is 8. The zero-order valence-electron chi connectivity index (χ0n) is 18.9. The van der Waals surface area contributed by atoms with E-state index in [4.69, 9.17) is 4.74 Å². The summed E-state index contributed by atoms with van der Waals surface area (Å²) in [6, 6.07) is 12.9. The third-order valence-corrected chi connectivity index (χ3v) is 5.63. The number of nitrogens with one attached hydrogen (secondary N) is 3. The van der Waals surface area contributed by atoms with Gasteiger partial charge in [-0.2, -0.15) is 5.10 Å². The Morgan fingerprint density at radius 3 is 2.67 bits per heavy atom.